The first kappa shape index (κ1) is 22.9. The standard InChI is InChI=1S/2ClH.Cr.Fe.2H2O.2O/h2*1H;;;2*1H2;;/q;;2*+2;;;;/p-4. The molecule has 0 atom stereocenters. The third-order valence-electron chi connectivity index (χ3n) is 0. The van der Waals surface area contributed by atoms with Gasteiger partial charge in [0.1, 0.15) is 0 Å². The van der Waals surface area contributed by atoms with E-state index in [1.165, 1.54) is 0 Å². The number of hydrogen-bond acceptors (Lipinski definition) is 2. The minimum atomic E-state index is -5.25. The second-order valence-electron chi connectivity index (χ2n) is 0.448. The Hall–Kier alpha value is 1.15. The Kier molecular flexibility index (Phi) is 23.3. The van der Waals surface area contributed by atoms with Crippen molar-refractivity contribution in [1.29, 1.82) is 0 Å². The van der Waals surface area contributed by atoms with Crippen molar-refractivity contribution in [2.75, 3.05) is 0 Å². The summed E-state index contributed by atoms with van der Waals surface area (Å²) in [5.74, 6) is 0. The zero-order chi connectivity index (χ0) is 4.50. The van der Waals surface area contributed by atoms with Crippen molar-refractivity contribution in [3.63, 3.8) is 0 Å². The van der Waals surface area contributed by atoms with E-state index in [0.717, 1.165) is 0 Å². The summed E-state index contributed by atoms with van der Waals surface area (Å²) in [6.07, 6.45) is 0. The monoisotopic (exact) mass is 244 g/mol. The van der Waals surface area contributed by atoms with Crippen molar-refractivity contribution in [2.45, 2.75) is 0 Å². The van der Waals surface area contributed by atoms with Crippen molar-refractivity contribution in [3.8, 4) is 0 Å². The van der Waals surface area contributed by atoms with Crippen molar-refractivity contribution in [1.82, 2.24) is 0 Å². The summed E-state index contributed by atoms with van der Waals surface area (Å²) in [4.78, 5) is 0. The van der Waals surface area contributed by atoms with Crippen LogP contribution in [0.15, 0.2) is 0 Å². The van der Waals surface area contributed by atoms with Gasteiger partial charge in [-0.1, -0.05) is 0 Å². The second-order valence-corrected chi connectivity index (χ2v) is 1.85. The maximum atomic E-state index is 8.82. The van der Waals surface area contributed by atoms with Crippen LogP contribution in [0.5, 0.6) is 0 Å². The third kappa shape index (κ3) is 204. The quantitative estimate of drug-likeness (QED) is 0.416. The molecule has 0 aliphatic carbocycles. The van der Waals surface area contributed by atoms with Crippen LogP contribution < -0.4 is 24.8 Å². The molecule has 4 nitrogen and oxygen atoms in total. The molecule has 8 heavy (non-hydrogen) atoms. The molecule has 0 aromatic carbocycles. The summed E-state index contributed by atoms with van der Waals surface area (Å²) in [6.45, 7) is 0. The molecule has 54 valence electrons. The van der Waals surface area contributed by atoms with E-state index in [1.54, 1.807) is 0 Å². The molecule has 0 amide bonds. The predicted octanol–water partition coefficient (Wildman–Crippen LogP) is -7.35. The molecule has 0 saturated heterocycles. The average Bonchev–Trinajstić information content (AvgIpc) is 0.722. The van der Waals surface area contributed by atoms with Gasteiger partial charge in [0.2, 0.25) is 0 Å². The molecule has 0 aromatic heterocycles. The van der Waals surface area contributed by atoms with E-state index in [2.05, 4.69) is 0 Å². The molecule has 0 radical (unpaired) electrons. The van der Waals surface area contributed by atoms with Gasteiger partial charge in [-0.2, -0.15) is 0 Å². The van der Waals surface area contributed by atoms with Crippen molar-refractivity contribution < 1.29 is 71.4 Å². The fourth-order valence-corrected chi connectivity index (χ4v) is 0. The molecule has 0 unspecified atom stereocenters. The predicted molar refractivity (Wildman–Crippen MR) is 5.81 cm³/mol. The van der Waals surface area contributed by atoms with Crippen LogP contribution in [0.4, 0.5) is 0 Å². The van der Waals surface area contributed by atoms with Gasteiger partial charge in [0.15, 0.2) is 0 Å². The Labute approximate surface area is 71.3 Å². The van der Waals surface area contributed by atoms with Crippen LogP contribution in [0.3, 0.4) is 0 Å². The first-order valence-corrected chi connectivity index (χ1v) is 2.88. The topological polar surface area (TPSA) is 74.6 Å². The molecule has 0 heterocycles. The summed E-state index contributed by atoms with van der Waals surface area (Å²) < 4.78 is 31.9. The maximum absolute atomic E-state index is 8.82. The zero-order valence-electron chi connectivity index (χ0n) is 3.23. The molecule has 0 bridgehead atoms. The van der Waals surface area contributed by atoms with E-state index in [-0.39, 0.29) is 41.9 Å². The van der Waals surface area contributed by atoms with Gasteiger partial charge in [-0.15, -0.1) is 0 Å². The van der Waals surface area contributed by atoms with Gasteiger partial charge in [-0.25, -0.2) is 0 Å². The number of halogens is 2. The van der Waals surface area contributed by atoms with Crippen molar-refractivity contribution >= 4 is 0 Å². The molecule has 0 rings (SSSR count). The van der Waals surface area contributed by atoms with Crippen LogP contribution >= 0.6 is 0 Å². The number of hydrogen-bond donors (Lipinski definition) is 2. The Bertz CT molecular complexity index is 97.2. The Morgan fingerprint density at radius 3 is 1.00 bits per heavy atom. The summed E-state index contributed by atoms with van der Waals surface area (Å²) >= 11 is -5.25. The van der Waals surface area contributed by atoms with Crippen LogP contribution in [-0.4, -0.2) is 8.32 Å². The fourth-order valence-electron chi connectivity index (χ4n) is 0. The van der Waals surface area contributed by atoms with E-state index in [9.17, 15) is 0 Å². The molecule has 0 fully saturated rings. The van der Waals surface area contributed by atoms with Gasteiger partial charge in [0.05, 0.1) is 0 Å². The van der Waals surface area contributed by atoms with E-state index >= 15 is 0 Å². The molecule has 8 heteroatoms. The Morgan fingerprint density at radius 1 is 1.00 bits per heavy atom. The van der Waals surface area contributed by atoms with Crippen molar-refractivity contribution in [2.24, 2.45) is 0 Å². The normalized spacial score (nSPS) is 7.25. The van der Waals surface area contributed by atoms with Gasteiger partial charge < -0.3 is 24.8 Å². The van der Waals surface area contributed by atoms with Gasteiger partial charge >= 0.3 is 46.6 Å². The van der Waals surface area contributed by atoms with E-state index in [1.807, 2.05) is 0 Å². The second kappa shape index (κ2) is 8.15. The summed E-state index contributed by atoms with van der Waals surface area (Å²) in [5, 5.41) is 0. The summed E-state index contributed by atoms with van der Waals surface area (Å²) in [7, 11) is 0. The molecule has 2 N–H and O–H groups in total. The van der Waals surface area contributed by atoms with E-state index in [0.29, 0.717) is 0 Å². The molecule has 0 spiro atoms. The summed E-state index contributed by atoms with van der Waals surface area (Å²) in [6, 6.07) is 0. The van der Waals surface area contributed by atoms with Gasteiger partial charge in [0.25, 0.3) is 0 Å². The van der Waals surface area contributed by atoms with E-state index < -0.39 is 13.6 Å². The molecule has 0 aliphatic rings. The first-order valence-electron chi connectivity index (χ1n) is 0.698. The zero-order valence-corrected chi connectivity index (χ0v) is 7.12. The molecule has 0 aromatic rings. The van der Waals surface area contributed by atoms with E-state index in [4.69, 9.17) is 15.9 Å². The number of rotatable bonds is 0. The Balaban J connectivity index is -0.0000000267. The van der Waals surface area contributed by atoms with Gasteiger partial charge in [-0.3, -0.25) is 0 Å². The first-order chi connectivity index (χ1) is 2.00. The van der Waals surface area contributed by atoms with Gasteiger partial charge in [0, 0.05) is 0 Å². The van der Waals surface area contributed by atoms with Crippen LogP contribution in [0.2, 0.25) is 0 Å². The van der Waals surface area contributed by atoms with Gasteiger partial charge in [-0.05, 0) is 0 Å². The molecular weight excluding hydrogens is 243 g/mol. The molecular formula is H2Cl2CrFeO4. The fraction of sp³-hybridized carbons (Fsp3) is 0. The molecule has 0 saturated carbocycles. The molecule has 0 aliphatic heterocycles. The summed E-state index contributed by atoms with van der Waals surface area (Å²) in [5.41, 5.74) is 0. The van der Waals surface area contributed by atoms with Crippen LogP contribution in [0.25, 0.3) is 0 Å². The third-order valence-corrected chi connectivity index (χ3v) is 0. The SMILES string of the molecule is [Cl-].[Cl-].[Fe+2].[O]=[Cr](=[O])([OH])[OH]. The average molecular weight is 245 g/mol. The van der Waals surface area contributed by atoms with Crippen molar-refractivity contribution in [3.05, 3.63) is 0 Å². The van der Waals surface area contributed by atoms with Crippen LogP contribution in [0, 0.1) is 0 Å². The van der Waals surface area contributed by atoms with Crippen LogP contribution in [-0.2, 0) is 38.3 Å². The minimum absolute atomic E-state index is 0. The Morgan fingerprint density at radius 2 is 1.00 bits per heavy atom. The van der Waals surface area contributed by atoms with Crippen LogP contribution in [0.1, 0.15) is 0 Å².